The van der Waals surface area contributed by atoms with Crippen LogP contribution in [0.5, 0.6) is 0 Å². The van der Waals surface area contributed by atoms with Crippen LogP contribution in [0.1, 0.15) is 36.8 Å². The summed E-state index contributed by atoms with van der Waals surface area (Å²) in [4.78, 5) is 0.206. The Hall–Kier alpha value is -1.67. The summed E-state index contributed by atoms with van der Waals surface area (Å²) in [5.41, 5.74) is 2.19. The molecule has 0 fully saturated rings. The van der Waals surface area contributed by atoms with Crippen molar-refractivity contribution in [2.75, 3.05) is 0 Å². The van der Waals surface area contributed by atoms with Crippen molar-refractivity contribution in [3.63, 3.8) is 0 Å². The van der Waals surface area contributed by atoms with Crippen molar-refractivity contribution in [3.05, 3.63) is 29.3 Å². The molecule has 0 spiro atoms. The second kappa shape index (κ2) is 5.61. The van der Waals surface area contributed by atoms with Crippen LogP contribution in [0.15, 0.2) is 17.3 Å². The fraction of sp³-hybridized carbons (Fsp3) is 0.538. The summed E-state index contributed by atoms with van der Waals surface area (Å²) in [6.07, 6.45) is 3.38. The number of hydrogen-bond donors (Lipinski definition) is 1. The predicted octanol–water partition coefficient (Wildman–Crippen LogP) is 1.29. The van der Waals surface area contributed by atoms with Gasteiger partial charge in [0.1, 0.15) is 4.90 Å². The van der Waals surface area contributed by atoms with Gasteiger partial charge in [0.05, 0.1) is 11.4 Å². The molecule has 0 amide bonds. The maximum atomic E-state index is 12.4. The van der Waals surface area contributed by atoms with Crippen molar-refractivity contribution in [3.8, 4) is 0 Å². The van der Waals surface area contributed by atoms with Crippen LogP contribution in [0.25, 0.3) is 0 Å². The number of rotatable bonds is 5. The smallest absolute Gasteiger partial charge is 0.244 e. The largest absolute Gasteiger partial charge is 0.274 e. The number of aryl methyl sites for hydroxylation is 4. The summed E-state index contributed by atoms with van der Waals surface area (Å²) in [6.45, 7) is 8.11. The van der Waals surface area contributed by atoms with Gasteiger partial charge in [0.15, 0.2) is 0 Å². The molecule has 2 rings (SSSR count). The zero-order valence-corrected chi connectivity index (χ0v) is 13.8. The molecule has 7 nitrogen and oxygen atoms in total. The van der Waals surface area contributed by atoms with Crippen molar-refractivity contribution < 1.29 is 8.42 Å². The maximum Gasteiger partial charge on any atom is 0.244 e. The molecule has 0 bridgehead atoms. The van der Waals surface area contributed by atoms with Crippen LogP contribution in [-0.4, -0.2) is 28.0 Å². The quantitative estimate of drug-likeness (QED) is 0.902. The summed E-state index contributed by atoms with van der Waals surface area (Å²) >= 11 is 0. The van der Waals surface area contributed by atoms with Crippen molar-refractivity contribution >= 4 is 10.0 Å². The van der Waals surface area contributed by atoms with Crippen LogP contribution < -0.4 is 4.72 Å². The van der Waals surface area contributed by atoms with Crippen LogP contribution >= 0.6 is 0 Å². The first-order chi connectivity index (χ1) is 9.74. The summed E-state index contributed by atoms with van der Waals surface area (Å²) in [6, 6.07) is -0.352. The number of sulfonamides is 1. The lowest BCUT2D eigenvalue weighted by molar-refractivity contribution is 0.565. The highest BCUT2D eigenvalue weighted by atomic mass is 32.2. The van der Waals surface area contributed by atoms with E-state index in [0.29, 0.717) is 5.69 Å². The molecule has 0 aliphatic heterocycles. The second-order valence-electron chi connectivity index (χ2n) is 5.12. The van der Waals surface area contributed by atoms with Crippen molar-refractivity contribution in [1.29, 1.82) is 0 Å². The fourth-order valence-electron chi connectivity index (χ4n) is 2.32. The highest BCUT2D eigenvalue weighted by Crippen LogP contribution is 2.20. The van der Waals surface area contributed by atoms with Gasteiger partial charge in [-0.1, -0.05) is 0 Å². The third kappa shape index (κ3) is 3.16. The Morgan fingerprint density at radius 1 is 1.24 bits per heavy atom. The minimum Gasteiger partial charge on any atom is -0.274 e. The van der Waals surface area contributed by atoms with Gasteiger partial charge in [0.2, 0.25) is 10.0 Å². The molecule has 0 aliphatic carbocycles. The number of nitrogens with zero attached hydrogens (tertiary/aromatic N) is 4. The van der Waals surface area contributed by atoms with E-state index in [1.165, 1.54) is 10.9 Å². The normalized spacial score (nSPS) is 13.6. The molecule has 1 unspecified atom stereocenters. The second-order valence-corrected chi connectivity index (χ2v) is 6.80. The summed E-state index contributed by atoms with van der Waals surface area (Å²) in [7, 11) is -1.90. The highest BCUT2D eigenvalue weighted by Gasteiger charge is 2.24. The monoisotopic (exact) mass is 311 g/mol. The van der Waals surface area contributed by atoms with E-state index in [1.807, 2.05) is 27.0 Å². The summed E-state index contributed by atoms with van der Waals surface area (Å²) < 4.78 is 30.9. The molecule has 2 aromatic rings. The van der Waals surface area contributed by atoms with Gasteiger partial charge >= 0.3 is 0 Å². The lowest BCUT2D eigenvalue weighted by Crippen LogP contribution is -2.27. The average Bonchev–Trinajstić information content (AvgIpc) is 2.91. The molecular formula is C13H21N5O2S. The number of hydrogen-bond acceptors (Lipinski definition) is 4. The molecule has 0 radical (unpaired) electrons. The van der Waals surface area contributed by atoms with Gasteiger partial charge in [-0.2, -0.15) is 10.2 Å². The van der Waals surface area contributed by atoms with E-state index in [9.17, 15) is 8.42 Å². The summed E-state index contributed by atoms with van der Waals surface area (Å²) in [5, 5.41) is 8.41. The Bertz CT molecular complexity index is 745. The van der Waals surface area contributed by atoms with Gasteiger partial charge in [-0.3, -0.25) is 9.36 Å². The van der Waals surface area contributed by atoms with Crippen molar-refractivity contribution in [2.24, 2.45) is 7.05 Å². The lowest BCUT2D eigenvalue weighted by Gasteiger charge is -2.13. The molecule has 0 aromatic carbocycles. The van der Waals surface area contributed by atoms with Crippen molar-refractivity contribution in [2.45, 2.75) is 45.2 Å². The van der Waals surface area contributed by atoms with E-state index in [4.69, 9.17) is 0 Å². The predicted molar refractivity (Wildman–Crippen MR) is 79.3 cm³/mol. The van der Waals surface area contributed by atoms with Crippen LogP contribution in [0, 0.1) is 13.8 Å². The first-order valence-electron chi connectivity index (χ1n) is 6.81. The van der Waals surface area contributed by atoms with E-state index in [0.717, 1.165) is 17.8 Å². The van der Waals surface area contributed by atoms with E-state index < -0.39 is 10.0 Å². The van der Waals surface area contributed by atoms with Crippen LogP contribution in [0.3, 0.4) is 0 Å². The third-order valence-electron chi connectivity index (χ3n) is 3.36. The van der Waals surface area contributed by atoms with E-state index >= 15 is 0 Å². The fourth-order valence-corrected chi connectivity index (χ4v) is 3.76. The molecule has 116 valence electrons. The van der Waals surface area contributed by atoms with Gasteiger partial charge in [0.25, 0.3) is 0 Å². The van der Waals surface area contributed by atoms with E-state index in [1.54, 1.807) is 18.7 Å². The Balaban J connectivity index is 2.27. The topological polar surface area (TPSA) is 81.8 Å². The molecule has 21 heavy (non-hydrogen) atoms. The number of nitrogens with one attached hydrogen (secondary N) is 1. The Labute approximate surface area is 125 Å². The molecule has 1 N–H and O–H groups in total. The SMILES string of the molecule is CCn1cc(C(C)NS(=O)(=O)c2cn(C)nc2C)c(C)n1. The van der Waals surface area contributed by atoms with Gasteiger partial charge in [-0.05, 0) is 27.7 Å². The number of aromatic nitrogens is 4. The molecule has 1 atom stereocenters. The average molecular weight is 311 g/mol. The molecule has 2 aromatic heterocycles. The van der Waals surface area contributed by atoms with Gasteiger partial charge in [0, 0.05) is 37.6 Å². The molecule has 0 saturated carbocycles. The Morgan fingerprint density at radius 3 is 2.38 bits per heavy atom. The zero-order valence-electron chi connectivity index (χ0n) is 13.0. The van der Waals surface area contributed by atoms with Crippen LogP contribution in [0.2, 0.25) is 0 Å². The summed E-state index contributed by atoms with van der Waals surface area (Å²) in [5.74, 6) is 0. The van der Waals surface area contributed by atoms with Gasteiger partial charge in [-0.25, -0.2) is 13.1 Å². The maximum absolute atomic E-state index is 12.4. The van der Waals surface area contributed by atoms with Crippen molar-refractivity contribution in [1.82, 2.24) is 24.3 Å². The molecule has 0 saturated heterocycles. The minimum atomic E-state index is -3.60. The van der Waals surface area contributed by atoms with E-state index in [-0.39, 0.29) is 10.9 Å². The minimum absolute atomic E-state index is 0.206. The third-order valence-corrected chi connectivity index (χ3v) is 5.01. The lowest BCUT2D eigenvalue weighted by atomic mass is 10.1. The standard InChI is InChI=1S/C13H21N5O2S/c1-6-18-7-12(9(2)15-18)10(3)16-21(19,20)13-8-17(5)14-11(13)4/h7-8,10,16H,6H2,1-5H3. The first-order valence-corrected chi connectivity index (χ1v) is 8.29. The Morgan fingerprint density at radius 2 is 1.90 bits per heavy atom. The highest BCUT2D eigenvalue weighted by molar-refractivity contribution is 7.89. The van der Waals surface area contributed by atoms with Crippen LogP contribution in [0.4, 0.5) is 0 Å². The van der Waals surface area contributed by atoms with Crippen LogP contribution in [-0.2, 0) is 23.6 Å². The zero-order chi connectivity index (χ0) is 15.8. The molecule has 0 aliphatic rings. The molecular weight excluding hydrogens is 290 g/mol. The molecule has 2 heterocycles. The van der Waals surface area contributed by atoms with Gasteiger partial charge < -0.3 is 0 Å². The van der Waals surface area contributed by atoms with E-state index in [2.05, 4.69) is 14.9 Å². The Kier molecular flexibility index (Phi) is 4.20. The first kappa shape index (κ1) is 15.7. The molecule has 8 heteroatoms. The van der Waals surface area contributed by atoms with Gasteiger partial charge in [-0.15, -0.1) is 0 Å².